The summed E-state index contributed by atoms with van der Waals surface area (Å²) in [6.07, 6.45) is 14.6. The molecule has 4 saturated carbocycles. The molecular formula is C30H50O2. The van der Waals surface area contributed by atoms with Crippen LogP contribution in [0.4, 0.5) is 0 Å². The number of allylic oxidation sites excluding steroid dienone is 1. The zero-order chi connectivity index (χ0) is 23.4. The molecule has 2 nitrogen and oxygen atoms in total. The van der Waals surface area contributed by atoms with E-state index in [9.17, 15) is 10.2 Å². The van der Waals surface area contributed by atoms with E-state index in [1.165, 1.54) is 51.4 Å². The summed E-state index contributed by atoms with van der Waals surface area (Å²) in [5.74, 6) is 1.82. The molecule has 5 aliphatic rings. The highest BCUT2D eigenvalue weighted by molar-refractivity contribution is 5.34. The van der Waals surface area contributed by atoms with Crippen LogP contribution < -0.4 is 0 Å². The van der Waals surface area contributed by atoms with Crippen molar-refractivity contribution in [3.63, 3.8) is 0 Å². The Morgan fingerprint density at radius 3 is 2.22 bits per heavy atom. The summed E-state index contributed by atoms with van der Waals surface area (Å²) in [6.45, 7) is 17.6. The van der Waals surface area contributed by atoms with Gasteiger partial charge in [-0.3, -0.25) is 0 Å². The summed E-state index contributed by atoms with van der Waals surface area (Å²) in [4.78, 5) is 0. The van der Waals surface area contributed by atoms with E-state index in [0.717, 1.165) is 12.8 Å². The van der Waals surface area contributed by atoms with Crippen molar-refractivity contribution in [2.24, 2.45) is 50.2 Å². The molecule has 0 aliphatic heterocycles. The lowest BCUT2D eigenvalue weighted by atomic mass is 9.33. The number of hydrogen-bond donors (Lipinski definition) is 2. The summed E-state index contributed by atoms with van der Waals surface area (Å²) >= 11 is 0. The standard InChI is InChI=1S/C30H50O2/c1-25(2)14-15-27(5)16-17-30(19-31)20(21(27)18-25)8-9-23-28(6)12-11-24(32)26(3,4)22(28)10-13-29(23,30)7/h8,21-24,31-32H,9-19H2,1-7H3. The van der Waals surface area contributed by atoms with Gasteiger partial charge in [-0.25, -0.2) is 0 Å². The van der Waals surface area contributed by atoms with E-state index < -0.39 is 0 Å². The average molecular weight is 443 g/mol. The molecule has 5 rings (SSSR count). The molecule has 4 fully saturated rings. The molecule has 2 heteroatoms. The lowest BCUT2D eigenvalue weighted by molar-refractivity contribution is -0.212. The maximum atomic E-state index is 11.2. The van der Waals surface area contributed by atoms with Crippen molar-refractivity contribution in [2.75, 3.05) is 6.61 Å². The molecule has 0 bridgehead atoms. The van der Waals surface area contributed by atoms with Gasteiger partial charge in [0, 0.05) is 5.41 Å². The van der Waals surface area contributed by atoms with Crippen LogP contribution in [0.3, 0.4) is 0 Å². The molecule has 5 aliphatic carbocycles. The van der Waals surface area contributed by atoms with Gasteiger partial charge in [-0.15, -0.1) is 0 Å². The lowest BCUT2D eigenvalue weighted by Gasteiger charge is -2.71. The Balaban J connectivity index is 1.60. The van der Waals surface area contributed by atoms with Crippen LogP contribution in [0.1, 0.15) is 113 Å². The second-order valence-electron chi connectivity index (χ2n) is 15.2. The number of aliphatic hydroxyl groups is 2. The highest BCUT2D eigenvalue weighted by Gasteiger charge is 2.69. The summed E-state index contributed by atoms with van der Waals surface area (Å²) in [6, 6.07) is 0. The van der Waals surface area contributed by atoms with Gasteiger partial charge in [-0.05, 0) is 109 Å². The Bertz CT molecular complexity index is 810. The molecule has 0 radical (unpaired) electrons. The van der Waals surface area contributed by atoms with Crippen LogP contribution in [-0.2, 0) is 0 Å². The fraction of sp³-hybridized carbons (Fsp3) is 0.933. The first-order chi connectivity index (χ1) is 14.8. The molecule has 0 amide bonds. The van der Waals surface area contributed by atoms with Crippen LogP contribution in [0.25, 0.3) is 0 Å². The number of rotatable bonds is 1. The zero-order valence-electron chi connectivity index (χ0n) is 22.1. The van der Waals surface area contributed by atoms with E-state index in [4.69, 9.17) is 0 Å². The molecular weight excluding hydrogens is 392 g/mol. The van der Waals surface area contributed by atoms with Crippen LogP contribution in [0.15, 0.2) is 11.6 Å². The summed E-state index contributed by atoms with van der Waals surface area (Å²) in [5.41, 5.74) is 2.86. The van der Waals surface area contributed by atoms with Crippen molar-refractivity contribution in [1.29, 1.82) is 0 Å². The minimum atomic E-state index is -0.175. The van der Waals surface area contributed by atoms with E-state index in [2.05, 4.69) is 54.5 Å². The quantitative estimate of drug-likeness (QED) is 0.424. The molecule has 0 aromatic carbocycles. The van der Waals surface area contributed by atoms with Crippen molar-refractivity contribution < 1.29 is 10.2 Å². The average Bonchev–Trinajstić information content (AvgIpc) is 2.71. The second-order valence-corrected chi connectivity index (χ2v) is 15.2. The van der Waals surface area contributed by atoms with Crippen LogP contribution in [-0.4, -0.2) is 22.9 Å². The monoisotopic (exact) mass is 442 g/mol. The van der Waals surface area contributed by atoms with Gasteiger partial charge >= 0.3 is 0 Å². The van der Waals surface area contributed by atoms with Crippen LogP contribution >= 0.6 is 0 Å². The molecule has 0 aromatic heterocycles. The molecule has 0 heterocycles. The van der Waals surface area contributed by atoms with E-state index in [1.807, 2.05) is 0 Å². The molecule has 0 spiro atoms. The van der Waals surface area contributed by atoms with Crippen molar-refractivity contribution >= 4 is 0 Å². The normalized spacial score (nSPS) is 53.8. The predicted octanol–water partition coefficient (Wildman–Crippen LogP) is 7.14. The fourth-order valence-electron chi connectivity index (χ4n) is 10.7. The Hall–Kier alpha value is -0.340. The van der Waals surface area contributed by atoms with E-state index in [0.29, 0.717) is 35.2 Å². The Morgan fingerprint density at radius 2 is 1.53 bits per heavy atom. The largest absolute Gasteiger partial charge is 0.395 e. The van der Waals surface area contributed by atoms with Gasteiger partial charge in [0.15, 0.2) is 0 Å². The Kier molecular flexibility index (Phi) is 5.02. The maximum Gasteiger partial charge on any atom is 0.0594 e. The van der Waals surface area contributed by atoms with Gasteiger partial charge in [-0.2, -0.15) is 0 Å². The third-order valence-corrected chi connectivity index (χ3v) is 13.0. The topological polar surface area (TPSA) is 40.5 Å². The molecule has 0 aromatic rings. The van der Waals surface area contributed by atoms with Crippen molar-refractivity contribution in [1.82, 2.24) is 0 Å². The molecule has 0 saturated heterocycles. The third-order valence-electron chi connectivity index (χ3n) is 13.0. The third kappa shape index (κ3) is 2.78. The van der Waals surface area contributed by atoms with Crippen LogP contribution in [0.5, 0.6) is 0 Å². The first-order valence-electron chi connectivity index (χ1n) is 13.8. The second kappa shape index (κ2) is 6.87. The van der Waals surface area contributed by atoms with Gasteiger partial charge in [-0.1, -0.05) is 60.1 Å². The van der Waals surface area contributed by atoms with Gasteiger partial charge < -0.3 is 10.2 Å². The zero-order valence-corrected chi connectivity index (χ0v) is 22.1. The van der Waals surface area contributed by atoms with E-state index >= 15 is 0 Å². The Morgan fingerprint density at radius 1 is 0.844 bits per heavy atom. The predicted molar refractivity (Wildman–Crippen MR) is 132 cm³/mol. The highest BCUT2D eigenvalue weighted by Crippen LogP contribution is 2.75. The highest BCUT2D eigenvalue weighted by atomic mass is 16.3. The van der Waals surface area contributed by atoms with Gasteiger partial charge in [0.05, 0.1) is 12.7 Å². The molecule has 182 valence electrons. The molecule has 32 heavy (non-hydrogen) atoms. The van der Waals surface area contributed by atoms with Gasteiger partial charge in [0.1, 0.15) is 0 Å². The number of aliphatic hydroxyl groups excluding tert-OH is 2. The lowest BCUT2D eigenvalue weighted by Crippen LogP contribution is -2.65. The maximum absolute atomic E-state index is 11.2. The minimum absolute atomic E-state index is 0.0107. The minimum Gasteiger partial charge on any atom is -0.395 e. The van der Waals surface area contributed by atoms with Crippen LogP contribution in [0.2, 0.25) is 0 Å². The summed E-state index contributed by atoms with van der Waals surface area (Å²) in [5, 5.41) is 22.1. The van der Waals surface area contributed by atoms with Crippen molar-refractivity contribution in [3.05, 3.63) is 11.6 Å². The van der Waals surface area contributed by atoms with Crippen molar-refractivity contribution in [2.45, 2.75) is 119 Å². The fourth-order valence-corrected chi connectivity index (χ4v) is 10.7. The molecule has 8 atom stereocenters. The summed E-state index contributed by atoms with van der Waals surface area (Å²) < 4.78 is 0. The van der Waals surface area contributed by atoms with E-state index in [1.54, 1.807) is 5.57 Å². The first kappa shape index (κ1) is 23.4. The SMILES string of the molecule is CC1(C)CCC2(C)CCC3(CO)C(=CCC4C5(C)CCC(O)C(C)(C)C5CCC43C)C2C1. The Labute approximate surface area is 197 Å². The van der Waals surface area contributed by atoms with Crippen LogP contribution in [0, 0.1) is 50.2 Å². The molecule has 2 N–H and O–H groups in total. The van der Waals surface area contributed by atoms with E-state index in [-0.39, 0.29) is 27.8 Å². The summed E-state index contributed by atoms with van der Waals surface area (Å²) in [7, 11) is 0. The first-order valence-corrected chi connectivity index (χ1v) is 13.8. The molecule has 8 unspecified atom stereocenters. The number of fused-ring (bicyclic) bond motifs is 7. The van der Waals surface area contributed by atoms with Gasteiger partial charge in [0.2, 0.25) is 0 Å². The van der Waals surface area contributed by atoms with Crippen molar-refractivity contribution in [3.8, 4) is 0 Å². The smallest absolute Gasteiger partial charge is 0.0594 e. The van der Waals surface area contributed by atoms with Gasteiger partial charge in [0.25, 0.3) is 0 Å². The number of hydrogen-bond acceptors (Lipinski definition) is 2.